The van der Waals surface area contributed by atoms with E-state index in [0.717, 1.165) is 65.6 Å². The van der Waals surface area contributed by atoms with Crippen molar-refractivity contribution in [3.8, 4) is 56.5 Å². The molecular weight excluding hydrogens is 595 g/mol. The van der Waals surface area contributed by atoms with Gasteiger partial charge in [-0.3, -0.25) is 4.98 Å². The highest BCUT2D eigenvalue weighted by Gasteiger charge is 2.17. The van der Waals surface area contributed by atoms with Crippen LogP contribution in [0.2, 0.25) is 0 Å². The van der Waals surface area contributed by atoms with Crippen molar-refractivity contribution in [2.45, 2.75) is 0 Å². The summed E-state index contributed by atoms with van der Waals surface area (Å²) in [6, 6.07) is 49.7. The second-order valence-corrected chi connectivity index (χ2v) is 12.4. The molecule has 0 aliphatic rings. The summed E-state index contributed by atoms with van der Waals surface area (Å²) in [4.78, 5) is 24.7. The van der Waals surface area contributed by atoms with E-state index >= 15 is 0 Å². The van der Waals surface area contributed by atoms with Gasteiger partial charge in [0.15, 0.2) is 17.5 Å². The van der Waals surface area contributed by atoms with Crippen LogP contribution in [0.1, 0.15) is 0 Å². The molecule has 0 saturated carbocycles. The van der Waals surface area contributed by atoms with Crippen LogP contribution in [-0.4, -0.2) is 24.9 Å². The summed E-state index contributed by atoms with van der Waals surface area (Å²) in [5.74, 6) is 1.91. The standard InChI is InChI=1S/C41H25N5S/c1-3-12-27(13-4-1)39-44-40(28-14-5-2-6-15-28)46-41(45-39)30-17-9-16-29(23-30)31-24-32(34-21-20-26-11-7-8-18-33(26)43-34)37-36(25-31)47-35-19-10-22-42-38(35)37/h1-25H. The molecule has 0 fully saturated rings. The van der Waals surface area contributed by atoms with E-state index in [9.17, 15) is 0 Å². The van der Waals surface area contributed by atoms with Crippen molar-refractivity contribution in [3.05, 3.63) is 152 Å². The third-order valence-corrected chi connectivity index (χ3v) is 9.45. The van der Waals surface area contributed by atoms with E-state index in [0.29, 0.717) is 17.5 Å². The molecular formula is C41H25N5S. The van der Waals surface area contributed by atoms with Crippen LogP contribution in [-0.2, 0) is 0 Å². The van der Waals surface area contributed by atoms with Crippen LogP contribution in [0.15, 0.2) is 152 Å². The molecule has 5 nitrogen and oxygen atoms in total. The molecule has 0 saturated heterocycles. The molecule has 4 aromatic heterocycles. The maximum atomic E-state index is 5.11. The lowest BCUT2D eigenvalue weighted by molar-refractivity contribution is 1.07. The van der Waals surface area contributed by atoms with E-state index in [1.54, 1.807) is 11.3 Å². The molecule has 5 aromatic carbocycles. The van der Waals surface area contributed by atoms with Crippen LogP contribution in [0, 0.1) is 0 Å². The molecule has 9 aromatic rings. The summed E-state index contributed by atoms with van der Waals surface area (Å²) in [6.07, 6.45) is 1.87. The van der Waals surface area contributed by atoms with Gasteiger partial charge in [0.1, 0.15) is 0 Å². The van der Waals surface area contributed by atoms with E-state index in [1.165, 1.54) is 4.70 Å². The Labute approximate surface area is 275 Å². The van der Waals surface area contributed by atoms with Gasteiger partial charge in [-0.25, -0.2) is 19.9 Å². The van der Waals surface area contributed by atoms with Crippen LogP contribution >= 0.6 is 11.3 Å². The van der Waals surface area contributed by atoms with Crippen molar-refractivity contribution in [1.29, 1.82) is 0 Å². The van der Waals surface area contributed by atoms with E-state index in [2.05, 4.69) is 66.7 Å². The van der Waals surface area contributed by atoms with Crippen molar-refractivity contribution in [2.75, 3.05) is 0 Å². The summed E-state index contributed by atoms with van der Waals surface area (Å²) in [6.45, 7) is 0. The van der Waals surface area contributed by atoms with Crippen molar-refractivity contribution >= 4 is 42.5 Å². The van der Waals surface area contributed by atoms with Crippen LogP contribution in [0.25, 0.3) is 87.8 Å². The molecule has 4 heterocycles. The number of para-hydroxylation sites is 1. The Balaban J connectivity index is 1.23. The van der Waals surface area contributed by atoms with Gasteiger partial charge in [-0.15, -0.1) is 11.3 Å². The number of hydrogen-bond donors (Lipinski definition) is 0. The quantitative estimate of drug-likeness (QED) is 0.192. The molecule has 0 spiro atoms. The third-order valence-electron chi connectivity index (χ3n) is 8.36. The van der Waals surface area contributed by atoms with Crippen molar-refractivity contribution in [2.24, 2.45) is 0 Å². The molecule has 47 heavy (non-hydrogen) atoms. The van der Waals surface area contributed by atoms with Crippen LogP contribution in [0.3, 0.4) is 0 Å². The van der Waals surface area contributed by atoms with Crippen LogP contribution in [0.4, 0.5) is 0 Å². The fourth-order valence-corrected chi connectivity index (χ4v) is 7.21. The molecule has 0 N–H and O–H groups in total. The number of pyridine rings is 2. The van der Waals surface area contributed by atoms with Gasteiger partial charge in [0, 0.05) is 43.9 Å². The lowest BCUT2D eigenvalue weighted by atomic mass is 9.96. The molecule has 0 unspecified atom stereocenters. The first-order valence-corrected chi connectivity index (χ1v) is 16.2. The summed E-state index contributed by atoms with van der Waals surface area (Å²) in [5.41, 5.74) is 8.94. The van der Waals surface area contributed by atoms with Gasteiger partial charge in [0.05, 0.1) is 21.4 Å². The number of nitrogens with zero attached hydrogens (tertiary/aromatic N) is 5. The van der Waals surface area contributed by atoms with Gasteiger partial charge < -0.3 is 0 Å². The molecule has 0 atom stereocenters. The molecule has 6 heteroatoms. The number of hydrogen-bond acceptors (Lipinski definition) is 6. The first kappa shape index (κ1) is 27.2. The van der Waals surface area contributed by atoms with E-state index < -0.39 is 0 Å². The van der Waals surface area contributed by atoms with Crippen molar-refractivity contribution < 1.29 is 0 Å². The van der Waals surface area contributed by atoms with Gasteiger partial charge >= 0.3 is 0 Å². The SMILES string of the molecule is c1ccc(-c2nc(-c3ccccc3)nc(-c3cccc(-c4cc(-c5ccc6ccccc6n5)c5c(c4)sc4cccnc45)c3)n2)cc1. The van der Waals surface area contributed by atoms with Crippen molar-refractivity contribution in [3.63, 3.8) is 0 Å². The lowest BCUT2D eigenvalue weighted by Gasteiger charge is -2.11. The minimum absolute atomic E-state index is 0.628. The monoisotopic (exact) mass is 619 g/mol. The topological polar surface area (TPSA) is 64.5 Å². The Morgan fingerprint density at radius 1 is 0.426 bits per heavy atom. The Hall–Kier alpha value is -6.11. The number of rotatable bonds is 5. The number of benzene rings is 5. The smallest absolute Gasteiger partial charge is 0.164 e. The Morgan fingerprint density at radius 3 is 1.85 bits per heavy atom. The Kier molecular flexibility index (Phi) is 6.58. The van der Waals surface area contributed by atoms with Crippen LogP contribution in [0.5, 0.6) is 0 Å². The molecule has 0 bridgehead atoms. The van der Waals surface area contributed by atoms with Crippen LogP contribution < -0.4 is 0 Å². The zero-order valence-corrected chi connectivity index (χ0v) is 25.9. The number of thiophene rings is 1. The first-order valence-electron chi connectivity index (χ1n) is 15.4. The van der Waals surface area contributed by atoms with E-state index in [1.807, 2.05) is 85.1 Å². The summed E-state index contributed by atoms with van der Waals surface area (Å²) in [5, 5.41) is 2.25. The van der Waals surface area contributed by atoms with Gasteiger partial charge in [0.25, 0.3) is 0 Å². The zero-order valence-electron chi connectivity index (χ0n) is 25.1. The van der Waals surface area contributed by atoms with Crippen molar-refractivity contribution in [1.82, 2.24) is 24.9 Å². The molecule has 0 aliphatic heterocycles. The van der Waals surface area contributed by atoms with Gasteiger partial charge in [-0.05, 0) is 53.6 Å². The maximum Gasteiger partial charge on any atom is 0.164 e. The number of fused-ring (bicyclic) bond motifs is 4. The average molecular weight is 620 g/mol. The predicted molar refractivity (Wildman–Crippen MR) is 193 cm³/mol. The highest BCUT2D eigenvalue weighted by atomic mass is 32.1. The number of aromatic nitrogens is 5. The maximum absolute atomic E-state index is 5.11. The normalized spacial score (nSPS) is 11.4. The highest BCUT2D eigenvalue weighted by molar-refractivity contribution is 7.25. The first-order chi connectivity index (χ1) is 23.3. The van der Waals surface area contributed by atoms with Gasteiger partial charge in [-0.1, -0.05) is 103 Å². The molecule has 0 amide bonds. The van der Waals surface area contributed by atoms with E-state index in [-0.39, 0.29) is 0 Å². The minimum atomic E-state index is 0.628. The molecule has 9 rings (SSSR count). The Morgan fingerprint density at radius 2 is 1.09 bits per heavy atom. The Bertz CT molecular complexity index is 2520. The largest absolute Gasteiger partial charge is 0.255 e. The molecule has 0 aliphatic carbocycles. The molecule has 0 radical (unpaired) electrons. The second-order valence-electron chi connectivity index (χ2n) is 11.4. The van der Waals surface area contributed by atoms with E-state index in [4.69, 9.17) is 24.9 Å². The fourth-order valence-electron chi connectivity index (χ4n) is 6.08. The summed E-state index contributed by atoms with van der Waals surface area (Å²) in [7, 11) is 0. The third kappa shape index (κ3) is 5.01. The predicted octanol–water partition coefficient (Wildman–Crippen LogP) is 10.5. The molecule has 220 valence electrons. The summed E-state index contributed by atoms with van der Waals surface area (Å²) >= 11 is 1.76. The van der Waals surface area contributed by atoms with Gasteiger partial charge in [0.2, 0.25) is 0 Å². The zero-order chi connectivity index (χ0) is 31.2. The fraction of sp³-hybridized carbons (Fsp3) is 0. The second kappa shape index (κ2) is 11.4. The van der Waals surface area contributed by atoms with Gasteiger partial charge in [-0.2, -0.15) is 0 Å². The average Bonchev–Trinajstić information content (AvgIpc) is 3.53. The minimum Gasteiger partial charge on any atom is -0.255 e. The lowest BCUT2D eigenvalue weighted by Crippen LogP contribution is -2.00. The highest BCUT2D eigenvalue weighted by Crippen LogP contribution is 2.42. The summed E-state index contributed by atoms with van der Waals surface area (Å²) < 4.78 is 2.33.